The quantitative estimate of drug-likeness (QED) is 0.266. The van der Waals surface area contributed by atoms with Gasteiger partial charge in [-0.15, -0.1) is 0 Å². The zero-order valence-electron chi connectivity index (χ0n) is 29.9. The number of anilines is 2. The van der Waals surface area contributed by atoms with Crippen molar-refractivity contribution in [2.45, 2.75) is 77.6 Å². The minimum Gasteiger partial charge on any atom is -0.755 e. The molecule has 3 aliphatic heterocycles. The number of ether oxygens (including phenoxy) is 2. The maximum absolute atomic E-state index is 14.4. The van der Waals surface area contributed by atoms with Gasteiger partial charge in [-0.05, 0) is 90.7 Å². The summed E-state index contributed by atoms with van der Waals surface area (Å²) in [6, 6.07) is 6.40. The average Bonchev–Trinajstić information content (AvgIpc) is 3.07. The lowest BCUT2D eigenvalue weighted by atomic mass is 9.72. The number of carbonyl (C=O) groups is 1. The Kier molecular flexibility index (Phi) is 11.1. The molecule has 1 unspecified atom stereocenters. The highest BCUT2D eigenvalue weighted by Crippen LogP contribution is 2.45. The zero-order chi connectivity index (χ0) is 36.4. The fourth-order valence-corrected chi connectivity index (χ4v) is 8.37. The molecule has 1 aromatic carbocycles. The average molecular weight is 725 g/mol. The lowest BCUT2D eigenvalue weighted by molar-refractivity contribution is -0.0270. The molecule has 3 fully saturated rings. The zero-order valence-corrected chi connectivity index (χ0v) is 30.7. The van der Waals surface area contributed by atoms with Crippen molar-refractivity contribution < 1.29 is 27.4 Å². The topological polar surface area (TPSA) is 136 Å². The highest BCUT2D eigenvalue weighted by atomic mass is 32.2. The second-order valence-corrected chi connectivity index (χ2v) is 15.4. The number of piperidine rings is 1. The molecule has 3 aliphatic rings. The van der Waals surface area contributed by atoms with Crippen LogP contribution in [-0.2, 0) is 23.1 Å². The Bertz CT molecular complexity index is 1780. The number of benzene rings is 1. The molecule has 2 aromatic heterocycles. The summed E-state index contributed by atoms with van der Waals surface area (Å²) in [6.07, 6.45) is 8.07. The van der Waals surface area contributed by atoms with Crippen molar-refractivity contribution in [3.8, 4) is 11.5 Å². The van der Waals surface area contributed by atoms with Crippen molar-refractivity contribution in [1.29, 1.82) is 0 Å². The number of nitrogens with zero attached hydrogens (tertiary/aromatic N) is 7. The third kappa shape index (κ3) is 8.11. The van der Waals surface area contributed by atoms with Crippen LogP contribution in [0, 0.1) is 11.2 Å². The van der Waals surface area contributed by atoms with Crippen molar-refractivity contribution in [2.24, 2.45) is 12.5 Å². The molecule has 276 valence electrons. The number of hydrogen-bond donors (Lipinski definition) is 0. The van der Waals surface area contributed by atoms with E-state index >= 15 is 0 Å². The normalized spacial score (nSPS) is 21.1. The van der Waals surface area contributed by atoms with Gasteiger partial charge in [-0.25, -0.2) is 14.4 Å². The smallest absolute Gasteiger partial charge is 0.258 e. The van der Waals surface area contributed by atoms with E-state index in [4.69, 9.17) is 9.47 Å². The number of aryl methyl sites for hydroxylation is 1. The van der Waals surface area contributed by atoms with E-state index in [-0.39, 0.29) is 52.4 Å². The molecule has 3 saturated heterocycles. The molecule has 51 heavy (non-hydrogen) atoms. The van der Waals surface area contributed by atoms with Gasteiger partial charge >= 0.3 is 0 Å². The third-order valence-electron chi connectivity index (χ3n) is 10.3. The van der Waals surface area contributed by atoms with Gasteiger partial charge in [0.15, 0.2) is 11.6 Å². The first-order valence-corrected chi connectivity index (χ1v) is 18.6. The molecule has 1 amide bonds. The standard InChI is InChI=1S/C36H48FN7O6S/c1-24(2)43(25(3)4)35(46)30-16-26(37)6-10-31(30)50-32-17-38-23-39-34(32)42-21-36(22-42)12-14-41(15-13-36)19-29-9-7-28(20-49-29)44(51(47)48)27-8-11-33(45)40(5)18-27/h6,8,10-11,16-18,23-25,28-29H,7,9,12-15,19-22H2,1-5H3,(H,47,48)/p-1/t28-,29+/m1/s1. The highest BCUT2D eigenvalue weighted by Gasteiger charge is 2.46. The van der Waals surface area contributed by atoms with E-state index in [9.17, 15) is 22.7 Å². The number of amides is 1. The van der Waals surface area contributed by atoms with Crippen LogP contribution in [0.4, 0.5) is 15.9 Å². The summed E-state index contributed by atoms with van der Waals surface area (Å²) in [5, 5.41) is 0. The number of carbonyl (C=O) groups excluding carboxylic acids is 1. The second kappa shape index (κ2) is 15.4. The van der Waals surface area contributed by atoms with Crippen molar-refractivity contribution in [3.63, 3.8) is 0 Å². The molecule has 0 saturated carbocycles. The molecule has 15 heteroatoms. The summed E-state index contributed by atoms with van der Waals surface area (Å²) < 4.78 is 53.8. The van der Waals surface area contributed by atoms with Gasteiger partial charge in [0.2, 0.25) is 5.56 Å². The van der Waals surface area contributed by atoms with Crippen LogP contribution in [0.15, 0.2) is 53.8 Å². The molecular weight excluding hydrogens is 678 g/mol. The maximum atomic E-state index is 14.4. The molecule has 6 rings (SSSR count). The molecule has 3 aromatic rings. The lowest BCUT2D eigenvalue weighted by Crippen LogP contribution is -2.61. The Balaban J connectivity index is 1.03. The van der Waals surface area contributed by atoms with Gasteiger partial charge in [-0.3, -0.25) is 18.1 Å². The molecule has 0 N–H and O–H groups in total. The second-order valence-electron chi connectivity index (χ2n) is 14.6. The number of hydrogen-bond acceptors (Lipinski definition) is 10. The van der Waals surface area contributed by atoms with E-state index in [0.717, 1.165) is 52.0 Å². The van der Waals surface area contributed by atoms with Crippen molar-refractivity contribution >= 4 is 28.7 Å². The minimum absolute atomic E-state index is 0.0207. The summed E-state index contributed by atoms with van der Waals surface area (Å²) in [5.41, 5.74) is 0.548. The van der Waals surface area contributed by atoms with Crippen LogP contribution in [0.2, 0.25) is 0 Å². The van der Waals surface area contributed by atoms with Crippen molar-refractivity contribution in [3.05, 3.63) is 70.8 Å². The molecule has 1 spiro atoms. The lowest BCUT2D eigenvalue weighted by Gasteiger charge is -2.54. The number of rotatable bonds is 11. The monoisotopic (exact) mass is 724 g/mol. The van der Waals surface area contributed by atoms with Gasteiger partial charge in [0.25, 0.3) is 5.91 Å². The van der Waals surface area contributed by atoms with E-state index in [1.165, 1.54) is 51.7 Å². The summed E-state index contributed by atoms with van der Waals surface area (Å²) >= 11 is -2.50. The van der Waals surface area contributed by atoms with Crippen LogP contribution >= 0.6 is 0 Å². The summed E-state index contributed by atoms with van der Waals surface area (Å²) in [7, 11) is 1.60. The van der Waals surface area contributed by atoms with Crippen LogP contribution in [0.5, 0.6) is 11.5 Å². The molecule has 13 nitrogen and oxygen atoms in total. The largest absolute Gasteiger partial charge is 0.755 e. The van der Waals surface area contributed by atoms with Crippen molar-refractivity contribution in [2.75, 3.05) is 48.5 Å². The Morgan fingerprint density at radius 3 is 2.47 bits per heavy atom. The van der Waals surface area contributed by atoms with Crippen molar-refractivity contribution in [1.82, 2.24) is 24.3 Å². The van der Waals surface area contributed by atoms with Crippen LogP contribution in [0.3, 0.4) is 0 Å². The summed E-state index contributed by atoms with van der Waals surface area (Å²) in [5.74, 6) is 0.489. The molecular formula is C36H47FN7O6S-. The van der Waals surface area contributed by atoms with Gasteiger partial charge in [-0.1, -0.05) is 0 Å². The van der Waals surface area contributed by atoms with Gasteiger partial charge in [0.1, 0.15) is 17.9 Å². The summed E-state index contributed by atoms with van der Waals surface area (Å²) in [4.78, 5) is 40.4. The Labute approximate surface area is 300 Å². The molecule has 0 radical (unpaired) electrons. The van der Waals surface area contributed by atoms with Gasteiger partial charge in [0, 0.05) is 67.7 Å². The molecule has 3 atom stereocenters. The van der Waals surface area contributed by atoms with E-state index in [1.807, 2.05) is 27.7 Å². The van der Waals surface area contributed by atoms with E-state index in [1.54, 1.807) is 18.1 Å². The number of aromatic nitrogens is 3. The highest BCUT2D eigenvalue weighted by molar-refractivity contribution is 7.80. The van der Waals surface area contributed by atoms with Gasteiger partial charge in [-0.2, -0.15) is 0 Å². The van der Waals surface area contributed by atoms with Crippen LogP contribution in [0.25, 0.3) is 0 Å². The predicted molar refractivity (Wildman–Crippen MR) is 191 cm³/mol. The fraction of sp³-hybridized carbons (Fsp3) is 0.556. The molecule has 0 bridgehead atoms. The van der Waals surface area contributed by atoms with Crippen LogP contribution in [-0.4, -0.2) is 103 Å². The van der Waals surface area contributed by atoms with E-state index < -0.39 is 17.1 Å². The fourth-order valence-electron chi connectivity index (χ4n) is 7.68. The number of halogens is 1. The number of pyridine rings is 1. The molecule has 0 aliphatic carbocycles. The Morgan fingerprint density at radius 1 is 1.12 bits per heavy atom. The Morgan fingerprint density at radius 2 is 1.84 bits per heavy atom. The van der Waals surface area contributed by atoms with Gasteiger partial charge < -0.3 is 33.3 Å². The predicted octanol–water partition coefficient (Wildman–Crippen LogP) is 4.12. The van der Waals surface area contributed by atoms with Crippen LogP contribution < -0.4 is 19.5 Å². The first-order valence-electron chi connectivity index (χ1n) is 17.6. The van der Waals surface area contributed by atoms with E-state index in [2.05, 4.69) is 19.8 Å². The first kappa shape index (κ1) is 36.9. The maximum Gasteiger partial charge on any atom is 0.258 e. The van der Waals surface area contributed by atoms with E-state index in [0.29, 0.717) is 30.3 Å². The van der Waals surface area contributed by atoms with Gasteiger partial charge in [0.05, 0.1) is 36.2 Å². The minimum atomic E-state index is -2.50. The Hall–Kier alpha value is -3.92. The SMILES string of the molecule is CC(C)N(C(=O)c1cc(F)ccc1Oc1cncnc1N1CC2(CCN(C[C@@H]3CC[C@@H](N(c4ccc(=O)n(C)c4)S(=O)[O-])CO3)CC2)C1)C(C)C. The number of likely N-dealkylation sites (tertiary alicyclic amines) is 1. The van der Waals surface area contributed by atoms with Crippen LogP contribution in [0.1, 0.15) is 63.7 Å². The first-order chi connectivity index (χ1) is 24.3. The summed E-state index contributed by atoms with van der Waals surface area (Å²) in [6.45, 7) is 12.3. The molecule has 5 heterocycles. The third-order valence-corrected chi connectivity index (χ3v) is 11.1.